The first-order valence-electron chi connectivity index (χ1n) is 3.82. The minimum Gasteiger partial charge on any atom is -0.274 e. The first-order valence-corrected chi connectivity index (χ1v) is 5.58. The molecular formula is C8H11NOS2. The number of nitriles is 1. The monoisotopic (exact) mass is 201 g/mol. The zero-order valence-corrected chi connectivity index (χ0v) is 8.80. The summed E-state index contributed by atoms with van der Waals surface area (Å²) in [4.78, 5) is 10.6. The first-order chi connectivity index (χ1) is 5.53. The van der Waals surface area contributed by atoms with Crippen molar-refractivity contribution >= 4 is 28.0 Å². The van der Waals surface area contributed by atoms with Crippen molar-refractivity contribution in [1.29, 1.82) is 5.26 Å². The van der Waals surface area contributed by atoms with Gasteiger partial charge in [-0.1, -0.05) is 23.5 Å². The fourth-order valence-corrected chi connectivity index (χ4v) is 2.73. The molecule has 0 aromatic rings. The molecule has 4 heteroatoms. The van der Waals surface area contributed by atoms with Crippen molar-refractivity contribution in [1.82, 2.24) is 0 Å². The number of carbonyl (C=O) groups excluding carboxylic acids is 1. The van der Waals surface area contributed by atoms with Gasteiger partial charge in [0.25, 0.3) is 0 Å². The molecule has 0 aromatic carbocycles. The van der Waals surface area contributed by atoms with Crippen molar-refractivity contribution in [2.75, 3.05) is 0 Å². The lowest BCUT2D eigenvalue weighted by Crippen LogP contribution is -2.16. The highest BCUT2D eigenvalue weighted by Crippen LogP contribution is 2.45. The predicted octanol–water partition coefficient (Wildman–Crippen LogP) is 3.24. The van der Waals surface area contributed by atoms with Gasteiger partial charge < -0.3 is 0 Å². The Balaban J connectivity index is 2.19. The van der Waals surface area contributed by atoms with Gasteiger partial charge in [-0.2, -0.15) is 5.26 Å². The second-order valence-corrected chi connectivity index (χ2v) is 6.36. The van der Waals surface area contributed by atoms with Crippen LogP contribution in [-0.2, 0) is 0 Å². The van der Waals surface area contributed by atoms with Crippen LogP contribution < -0.4 is 0 Å². The fraction of sp³-hybridized carbons (Fsp3) is 0.750. The minimum atomic E-state index is -0.236. The van der Waals surface area contributed by atoms with Gasteiger partial charge in [0.15, 0.2) is 0 Å². The summed E-state index contributed by atoms with van der Waals surface area (Å²) >= 11 is 2.79. The van der Waals surface area contributed by atoms with Crippen LogP contribution in [0.2, 0.25) is 0 Å². The molecule has 1 aliphatic heterocycles. The molecule has 0 unspecified atom stereocenters. The number of carbonyl (C=O) groups is 1. The predicted molar refractivity (Wildman–Crippen MR) is 53.0 cm³/mol. The molecular weight excluding hydrogens is 190 g/mol. The summed E-state index contributed by atoms with van der Waals surface area (Å²) in [5.41, 5.74) is -0.236. The molecule has 1 saturated heterocycles. The van der Waals surface area contributed by atoms with E-state index in [1.54, 1.807) is 0 Å². The summed E-state index contributed by atoms with van der Waals surface area (Å²) < 4.78 is 0.625. The molecule has 12 heavy (non-hydrogen) atoms. The van der Waals surface area contributed by atoms with E-state index >= 15 is 0 Å². The average Bonchev–Trinajstić information content (AvgIpc) is 1.96. The standard InChI is InChI=1S/C8H11NOS2/c1-8(2,5-9)4-3-6-11-7(10)12-6/h6H,3-4H2,1-2H3. The van der Waals surface area contributed by atoms with E-state index in [0.717, 1.165) is 12.8 Å². The van der Waals surface area contributed by atoms with Gasteiger partial charge in [0.2, 0.25) is 4.45 Å². The van der Waals surface area contributed by atoms with Gasteiger partial charge in [-0.15, -0.1) is 0 Å². The van der Waals surface area contributed by atoms with Crippen LogP contribution in [-0.4, -0.2) is 9.03 Å². The van der Waals surface area contributed by atoms with Crippen LogP contribution in [0.4, 0.5) is 4.79 Å². The van der Waals surface area contributed by atoms with Crippen molar-refractivity contribution < 1.29 is 4.79 Å². The Morgan fingerprint density at radius 2 is 2.17 bits per heavy atom. The van der Waals surface area contributed by atoms with E-state index < -0.39 is 0 Å². The summed E-state index contributed by atoms with van der Waals surface area (Å²) in [5, 5.41) is 8.72. The molecule has 0 N–H and O–H groups in total. The number of thioether (sulfide) groups is 2. The summed E-state index contributed by atoms with van der Waals surface area (Å²) in [6.07, 6.45) is 1.84. The van der Waals surface area contributed by atoms with E-state index in [0.29, 0.717) is 4.58 Å². The number of hydrogen-bond donors (Lipinski definition) is 0. The molecule has 66 valence electrons. The van der Waals surface area contributed by atoms with Gasteiger partial charge >= 0.3 is 0 Å². The maximum Gasteiger partial charge on any atom is 0.248 e. The Labute approximate surface area is 81.1 Å². The summed E-state index contributed by atoms with van der Waals surface area (Å²) in [6.45, 7) is 3.87. The lowest BCUT2D eigenvalue weighted by Gasteiger charge is -2.24. The third-order valence-corrected chi connectivity index (χ3v) is 4.30. The van der Waals surface area contributed by atoms with Crippen LogP contribution in [0.5, 0.6) is 0 Å². The Morgan fingerprint density at radius 3 is 2.58 bits per heavy atom. The maximum absolute atomic E-state index is 10.6. The Kier molecular flexibility index (Phi) is 3.08. The van der Waals surface area contributed by atoms with Crippen molar-refractivity contribution in [2.24, 2.45) is 5.41 Å². The molecule has 0 bridgehead atoms. The SMILES string of the molecule is CC(C)(C#N)CCC1SC(=O)S1. The zero-order chi connectivity index (χ0) is 9.19. The molecule has 1 aliphatic rings. The highest BCUT2D eigenvalue weighted by atomic mass is 32.3. The summed E-state index contributed by atoms with van der Waals surface area (Å²) in [6, 6.07) is 2.25. The van der Waals surface area contributed by atoms with Crippen LogP contribution in [0.3, 0.4) is 0 Å². The van der Waals surface area contributed by atoms with Gasteiger partial charge in [0, 0.05) is 0 Å². The third kappa shape index (κ3) is 2.72. The van der Waals surface area contributed by atoms with E-state index in [1.807, 2.05) is 13.8 Å². The Morgan fingerprint density at radius 1 is 1.58 bits per heavy atom. The fourth-order valence-electron chi connectivity index (χ4n) is 0.876. The molecule has 0 aliphatic carbocycles. The number of nitrogens with zero attached hydrogens (tertiary/aromatic N) is 1. The Hall–Kier alpha value is -0.140. The minimum absolute atomic E-state index is 0.217. The lowest BCUT2D eigenvalue weighted by molar-refractivity contribution is 0.276. The molecule has 1 rings (SSSR count). The first kappa shape index (κ1) is 9.94. The van der Waals surface area contributed by atoms with Crippen molar-refractivity contribution in [3.8, 4) is 6.07 Å². The Bertz CT molecular complexity index is 224. The van der Waals surface area contributed by atoms with E-state index in [-0.39, 0.29) is 9.86 Å². The van der Waals surface area contributed by atoms with Crippen LogP contribution in [0.25, 0.3) is 0 Å². The van der Waals surface area contributed by atoms with Crippen molar-refractivity contribution in [3.63, 3.8) is 0 Å². The van der Waals surface area contributed by atoms with Crippen LogP contribution in [0.15, 0.2) is 0 Å². The van der Waals surface area contributed by atoms with Crippen molar-refractivity contribution in [2.45, 2.75) is 31.3 Å². The second-order valence-electron chi connectivity index (χ2n) is 3.45. The largest absolute Gasteiger partial charge is 0.274 e. The van der Waals surface area contributed by atoms with Gasteiger partial charge in [-0.05, 0) is 26.7 Å². The molecule has 2 nitrogen and oxygen atoms in total. The van der Waals surface area contributed by atoms with E-state index in [4.69, 9.17) is 5.26 Å². The highest BCUT2D eigenvalue weighted by molar-refractivity contribution is 8.53. The van der Waals surface area contributed by atoms with Crippen LogP contribution in [0, 0.1) is 16.7 Å². The van der Waals surface area contributed by atoms with Crippen LogP contribution >= 0.6 is 23.5 Å². The highest BCUT2D eigenvalue weighted by Gasteiger charge is 2.30. The van der Waals surface area contributed by atoms with Crippen molar-refractivity contribution in [3.05, 3.63) is 0 Å². The lowest BCUT2D eigenvalue weighted by atomic mass is 9.90. The normalized spacial score (nSPS) is 18.6. The van der Waals surface area contributed by atoms with Gasteiger partial charge in [-0.25, -0.2) is 0 Å². The molecule has 1 fully saturated rings. The van der Waals surface area contributed by atoms with E-state index in [9.17, 15) is 4.79 Å². The quantitative estimate of drug-likeness (QED) is 0.703. The molecule has 0 amide bonds. The van der Waals surface area contributed by atoms with E-state index in [2.05, 4.69) is 6.07 Å². The molecule has 0 radical (unpaired) electrons. The summed E-state index contributed by atoms with van der Waals surface area (Å²) in [7, 11) is 0. The second kappa shape index (κ2) is 3.71. The molecule has 1 heterocycles. The topological polar surface area (TPSA) is 40.9 Å². The average molecular weight is 201 g/mol. The van der Waals surface area contributed by atoms with Gasteiger partial charge in [-0.3, -0.25) is 4.79 Å². The molecule has 0 atom stereocenters. The maximum atomic E-state index is 10.6. The molecule has 0 saturated carbocycles. The number of hydrogen-bond acceptors (Lipinski definition) is 4. The van der Waals surface area contributed by atoms with Gasteiger partial charge in [0.05, 0.1) is 16.1 Å². The molecule has 0 spiro atoms. The van der Waals surface area contributed by atoms with Gasteiger partial charge in [0.1, 0.15) is 0 Å². The zero-order valence-electron chi connectivity index (χ0n) is 7.16. The van der Waals surface area contributed by atoms with E-state index in [1.165, 1.54) is 23.5 Å². The third-order valence-electron chi connectivity index (χ3n) is 1.76. The number of rotatable bonds is 3. The molecule has 0 aromatic heterocycles. The summed E-state index contributed by atoms with van der Waals surface area (Å²) in [5.74, 6) is 0. The van der Waals surface area contributed by atoms with Crippen LogP contribution in [0.1, 0.15) is 26.7 Å². The smallest absolute Gasteiger partial charge is 0.248 e.